The highest BCUT2D eigenvalue weighted by atomic mass is 16.5. The molecule has 0 aromatic rings. The third-order valence-electron chi connectivity index (χ3n) is 8.08. The predicted octanol–water partition coefficient (Wildman–Crippen LogP) is 10.1. The molecule has 7 nitrogen and oxygen atoms in total. The van der Waals surface area contributed by atoms with Gasteiger partial charge in [0.15, 0.2) is 0 Å². The Labute approximate surface area is 287 Å². The molecule has 47 heavy (non-hydrogen) atoms. The largest absolute Gasteiger partial charge is 0.480 e. The lowest BCUT2D eigenvalue weighted by Crippen LogP contribution is -2.40. The fraction of sp³-hybridized carbons (Fsp3) is 0.725. The fourth-order valence-electron chi connectivity index (χ4n) is 5.20. The summed E-state index contributed by atoms with van der Waals surface area (Å²) in [5, 5.41) is 11.9. The Balaban J connectivity index is 4.44. The lowest BCUT2D eigenvalue weighted by Gasteiger charge is -2.15. The number of unbranched alkanes of at least 4 members (excludes halogenated alkanes) is 13. The quantitative estimate of drug-likeness (QED) is 0.0367. The van der Waals surface area contributed by atoms with Crippen molar-refractivity contribution in [2.75, 3.05) is 6.54 Å². The van der Waals surface area contributed by atoms with Crippen molar-refractivity contribution >= 4 is 17.8 Å². The van der Waals surface area contributed by atoms with Crippen molar-refractivity contribution in [3.05, 3.63) is 48.6 Å². The van der Waals surface area contributed by atoms with E-state index in [9.17, 15) is 19.5 Å². The summed E-state index contributed by atoms with van der Waals surface area (Å²) in [6.07, 6.45) is 40.2. The Bertz CT molecular complexity index is 880. The number of esters is 1. The van der Waals surface area contributed by atoms with E-state index in [2.05, 4.69) is 61.7 Å². The highest BCUT2D eigenvalue weighted by molar-refractivity contribution is 5.83. The first kappa shape index (κ1) is 44.3. The maximum atomic E-state index is 12.6. The van der Waals surface area contributed by atoms with Crippen molar-refractivity contribution in [2.45, 2.75) is 180 Å². The summed E-state index contributed by atoms with van der Waals surface area (Å²) < 4.78 is 5.88. The van der Waals surface area contributed by atoms with Crippen LogP contribution in [-0.4, -0.2) is 41.6 Å². The van der Waals surface area contributed by atoms with Crippen LogP contribution in [0, 0.1) is 0 Å². The number of hydrogen-bond donors (Lipinski definition) is 3. The van der Waals surface area contributed by atoms with Gasteiger partial charge in [-0.1, -0.05) is 114 Å². The minimum atomic E-state index is -1.02. The summed E-state index contributed by atoms with van der Waals surface area (Å²) in [5.74, 6) is -1.37. The van der Waals surface area contributed by atoms with Crippen LogP contribution >= 0.6 is 0 Å². The summed E-state index contributed by atoms with van der Waals surface area (Å²) in [7, 11) is 0. The van der Waals surface area contributed by atoms with Crippen LogP contribution in [0.2, 0.25) is 0 Å². The minimum Gasteiger partial charge on any atom is -0.480 e. The molecule has 0 heterocycles. The first-order chi connectivity index (χ1) is 22.9. The average molecular weight is 659 g/mol. The molecule has 2 atom stereocenters. The van der Waals surface area contributed by atoms with E-state index < -0.39 is 12.0 Å². The molecule has 1 amide bonds. The molecule has 0 aliphatic rings. The molecule has 2 unspecified atom stereocenters. The zero-order valence-corrected chi connectivity index (χ0v) is 30.1. The number of allylic oxidation sites excluding steroid dienone is 7. The summed E-state index contributed by atoms with van der Waals surface area (Å²) in [4.78, 5) is 36.2. The van der Waals surface area contributed by atoms with E-state index >= 15 is 0 Å². The smallest absolute Gasteiger partial charge is 0.326 e. The van der Waals surface area contributed by atoms with Crippen LogP contribution in [0.15, 0.2) is 48.6 Å². The van der Waals surface area contributed by atoms with Crippen molar-refractivity contribution in [1.29, 1.82) is 0 Å². The second kappa shape index (κ2) is 34.7. The number of nitrogens with one attached hydrogen (secondary N) is 1. The third kappa shape index (κ3) is 31.7. The number of ether oxygens (including phenoxy) is 1. The molecule has 0 radical (unpaired) electrons. The van der Waals surface area contributed by atoms with Crippen molar-refractivity contribution in [1.82, 2.24) is 5.32 Å². The Hall–Kier alpha value is -2.67. The summed E-state index contributed by atoms with van der Waals surface area (Å²) >= 11 is 0. The van der Waals surface area contributed by atoms with Crippen molar-refractivity contribution in [3.63, 3.8) is 0 Å². The van der Waals surface area contributed by atoms with Crippen molar-refractivity contribution in [2.24, 2.45) is 5.73 Å². The van der Waals surface area contributed by atoms with Gasteiger partial charge in [-0.05, 0) is 96.1 Å². The van der Waals surface area contributed by atoms with Crippen LogP contribution in [0.3, 0.4) is 0 Å². The fourth-order valence-corrected chi connectivity index (χ4v) is 5.20. The van der Waals surface area contributed by atoms with Gasteiger partial charge < -0.3 is 20.9 Å². The molecule has 0 saturated heterocycles. The molecule has 0 saturated carbocycles. The Kier molecular flexibility index (Phi) is 32.7. The first-order valence-corrected chi connectivity index (χ1v) is 19.0. The standard InChI is InChI=1S/C40H70N2O5/c1-3-5-7-9-11-13-14-15-16-18-20-22-28-34-39(44)47-36(30-25-21-19-17-12-10-8-6-4-2)31-26-23-24-27-33-38(43)42-37(40(45)46)32-29-35-41/h7,9,13-14,17,19,25,30,36-37H,3-6,8,10-12,15-16,18,20-24,26-29,31-35,41H2,1-2H3,(H,42,43)(H,45,46)/b9-7-,14-13-,19-17-,30-25-. The van der Waals surface area contributed by atoms with Gasteiger partial charge in [0, 0.05) is 12.8 Å². The molecule has 0 aromatic carbocycles. The molecular formula is C40H70N2O5. The Morgan fingerprint density at radius 3 is 1.85 bits per heavy atom. The monoisotopic (exact) mass is 659 g/mol. The lowest BCUT2D eigenvalue weighted by atomic mass is 10.1. The van der Waals surface area contributed by atoms with Gasteiger partial charge in [0.1, 0.15) is 12.1 Å². The van der Waals surface area contributed by atoms with Gasteiger partial charge in [0.05, 0.1) is 0 Å². The second-order valence-corrected chi connectivity index (χ2v) is 12.6. The van der Waals surface area contributed by atoms with E-state index in [1.807, 2.05) is 6.08 Å². The number of amides is 1. The molecule has 0 spiro atoms. The first-order valence-electron chi connectivity index (χ1n) is 19.0. The molecule has 270 valence electrons. The number of carboxylic acid groups (broad SMARTS) is 1. The van der Waals surface area contributed by atoms with Gasteiger partial charge in [-0.2, -0.15) is 0 Å². The van der Waals surface area contributed by atoms with Gasteiger partial charge >= 0.3 is 11.9 Å². The van der Waals surface area contributed by atoms with Crippen molar-refractivity contribution < 1.29 is 24.2 Å². The molecule has 0 bridgehead atoms. The number of nitrogens with two attached hydrogens (primary N) is 1. The highest BCUT2D eigenvalue weighted by Crippen LogP contribution is 2.14. The number of aliphatic carboxylic acids is 1. The molecular weight excluding hydrogens is 588 g/mol. The maximum absolute atomic E-state index is 12.6. The number of hydrogen-bond acceptors (Lipinski definition) is 5. The number of carbonyl (C=O) groups excluding carboxylic acids is 2. The normalized spacial score (nSPS) is 13.3. The van der Waals surface area contributed by atoms with E-state index in [-0.39, 0.29) is 18.0 Å². The van der Waals surface area contributed by atoms with Crippen LogP contribution < -0.4 is 11.1 Å². The average Bonchev–Trinajstić information content (AvgIpc) is 3.05. The van der Waals surface area contributed by atoms with Crippen LogP contribution in [0.5, 0.6) is 0 Å². The van der Waals surface area contributed by atoms with Gasteiger partial charge in [-0.25, -0.2) is 4.79 Å². The molecule has 0 rings (SSSR count). The zero-order chi connectivity index (χ0) is 34.6. The van der Waals surface area contributed by atoms with Gasteiger partial charge in [-0.15, -0.1) is 0 Å². The molecule has 0 aliphatic carbocycles. The second-order valence-electron chi connectivity index (χ2n) is 12.6. The zero-order valence-electron chi connectivity index (χ0n) is 30.1. The third-order valence-corrected chi connectivity index (χ3v) is 8.08. The van der Waals surface area contributed by atoms with E-state index in [1.165, 1.54) is 44.9 Å². The Morgan fingerprint density at radius 1 is 0.638 bits per heavy atom. The summed E-state index contributed by atoms with van der Waals surface area (Å²) in [5.41, 5.74) is 5.47. The van der Waals surface area contributed by atoms with Crippen molar-refractivity contribution in [3.8, 4) is 0 Å². The molecule has 0 aromatic heterocycles. The minimum absolute atomic E-state index is 0.121. The van der Waals surface area contributed by atoms with Crippen LogP contribution in [0.1, 0.15) is 168 Å². The van der Waals surface area contributed by atoms with Crippen LogP contribution in [0.25, 0.3) is 0 Å². The molecule has 7 heteroatoms. The topological polar surface area (TPSA) is 119 Å². The van der Waals surface area contributed by atoms with Gasteiger partial charge in [-0.3, -0.25) is 9.59 Å². The molecule has 4 N–H and O–H groups in total. The number of rotatable bonds is 33. The number of carbonyl (C=O) groups is 3. The van der Waals surface area contributed by atoms with E-state index in [1.54, 1.807) is 0 Å². The molecule has 0 fully saturated rings. The van der Waals surface area contributed by atoms with Gasteiger partial charge in [0.2, 0.25) is 5.91 Å². The highest BCUT2D eigenvalue weighted by Gasteiger charge is 2.19. The van der Waals surface area contributed by atoms with Crippen LogP contribution in [-0.2, 0) is 19.1 Å². The SMILES string of the molecule is CCC/C=C\C/C=C\CCCCCCCC(=O)OC(/C=C\C/C=C\CCCCCC)CCCCCCC(=O)NC(CCCN)C(=O)O. The lowest BCUT2D eigenvalue weighted by molar-refractivity contribution is -0.147. The van der Waals surface area contributed by atoms with Crippen LogP contribution in [0.4, 0.5) is 0 Å². The molecule has 0 aliphatic heterocycles. The summed E-state index contributed by atoms with van der Waals surface area (Å²) in [6.45, 7) is 4.82. The number of carboxylic acids is 1. The van der Waals surface area contributed by atoms with E-state index in [0.717, 1.165) is 77.0 Å². The van der Waals surface area contributed by atoms with E-state index in [0.29, 0.717) is 38.6 Å². The Morgan fingerprint density at radius 2 is 1.21 bits per heavy atom. The predicted molar refractivity (Wildman–Crippen MR) is 197 cm³/mol. The van der Waals surface area contributed by atoms with E-state index in [4.69, 9.17) is 10.5 Å². The van der Waals surface area contributed by atoms with Gasteiger partial charge in [0.25, 0.3) is 0 Å². The summed E-state index contributed by atoms with van der Waals surface area (Å²) in [6, 6.07) is -0.876. The maximum Gasteiger partial charge on any atom is 0.326 e.